The summed E-state index contributed by atoms with van der Waals surface area (Å²) in [6.45, 7) is 0.868. The fourth-order valence-corrected chi connectivity index (χ4v) is 4.68. The number of ether oxygens (including phenoxy) is 2. The summed E-state index contributed by atoms with van der Waals surface area (Å²) < 4.78 is 10.9. The molecule has 0 radical (unpaired) electrons. The molecule has 1 aliphatic carbocycles. The first-order valence-corrected chi connectivity index (χ1v) is 12.0. The van der Waals surface area contributed by atoms with E-state index in [2.05, 4.69) is 10.6 Å². The van der Waals surface area contributed by atoms with Crippen LogP contribution >= 0.6 is 23.2 Å². The third-order valence-corrected chi connectivity index (χ3v) is 6.76. The van der Waals surface area contributed by atoms with E-state index in [0.29, 0.717) is 59.0 Å². The van der Waals surface area contributed by atoms with Gasteiger partial charge in [-0.1, -0.05) is 23.2 Å². The summed E-state index contributed by atoms with van der Waals surface area (Å²) in [5.41, 5.74) is 1.93. The summed E-state index contributed by atoms with van der Waals surface area (Å²) in [5.74, 6) is -0.243. The van der Waals surface area contributed by atoms with Crippen molar-refractivity contribution >= 4 is 40.8 Å². The lowest BCUT2D eigenvalue weighted by molar-refractivity contribution is -0.143. The van der Waals surface area contributed by atoms with Crippen molar-refractivity contribution in [1.29, 1.82) is 0 Å². The third-order valence-electron chi connectivity index (χ3n) is 6.21. The van der Waals surface area contributed by atoms with Crippen LogP contribution < -0.4 is 15.4 Å². The van der Waals surface area contributed by atoms with Gasteiger partial charge in [-0.25, -0.2) is 0 Å². The van der Waals surface area contributed by atoms with Crippen LogP contribution in [0.15, 0.2) is 36.4 Å². The van der Waals surface area contributed by atoms with Gasteiger partial charge in [0.15, 0.2) is 0 Å². The molecule has 184 valence electrons. The van der Waals surface area contributed by atoms with E-state index < -0.39 is 5.97 Å². The lowest BCUT2D eigenvalue weighted by Crippen LogP contribution is -2.32. The van der Waals surface area contributed by atoms with Crippen LogP contribution in [0.3, 0.4) is 0 Å². The van der Waals surface area contributed by atoms with Crippen molar-refractivity contribution in [1.82, 2.24) is 5.32 Å². The molecule has 7 nitrogen and oxygen atoms in total. The molecule has 0 aliphatic heterocycles. The van der Waals surface area contributed by atoms with Gasteiger partial charge in [0, 0.05) is 29.8 Å². The smallest absolute Gasteiger partial charge is 0.306 e. The summed E-state index contributed by atoms with van der Waals surface area (Å²) in [7, 11) is 3.20. The molecule has 0 unspecified atom stereocenters. The Morgan fingerprint density at radius 3 is 2.44 bits per heavy atom. The number of halogens is 2. The van der Waals surface area contributed by atoms with E-state index in [1.54, 1.807) is 44.6 Å². The number of carbonyl (C=O) groups excluding carboxylic acids is 1. The molecule has 9 heteroatoms. The maximum absolute atomic E-state index is 12.7. The molecule has 1 atom stereocenters. The highest BCUT2D eigenvalue weighted by Crippen LogP contribution is 2.33. The van der Waals surface area contributed by atoms with Gasteiger partial charge in [-0.3, -0.25) is 9.59 Å². The molecule has 3 N–H and O–H groups in total. The predicted octanol–water partition coefficient (Wildman–Crippen LogP) is 5.42. The number of carbonyl (C=O) groups is 2. The zero-order valence-electron chi connectivity index (χ0n) is 19.3. The lowest BCUT2D eigenvalue weighted by Gasteiger charge is -2.26. The quantitative estimate of drug-likeness (QED) is 0.396. The van der Waals surface area contributed by atoms with Crippen LogP contribution in [0, 0.1) is 11.8 Å². The van der Waals surface area contributed by atoms with Crippen molar-refractivity contribution in [3.05, 3.63) is 57.6 Å². The molecule has 0 heterocycles. The zero-order valence-corrected chi connectivity index (χ0v) is 20.8. The van der Waals surface area contributed by atoms with E-state index in [-0.39, 0.29) is 17.9 Å². The van der Waals surface area contributed by atoms with Gasteiger partial charge in [0.25, 0.3) is 5.91 Å². The van der Waals surface area contributed by atoms with E-state index in [9.17, 15) is 9.59 Å². The van der Waals surface area contributed by atoms with E-state index in [1.807, 2.05) is 6.07 Å². The van der Waals surface area contributed by atoms with Gasteiger partial charge >= 0.3 is 5.97 Å². The average Bonchev–Trinajstić information content (AvgIpc) is 2.83. The highest BCUT2D eigenvalue weighted by atomic mass is 35.5. The minimum Gasteiger partial charge on any atom is -0.496 e. The molecule has 0 aromatic heterocycles. The maximum atomic E-state index is 12.7. The van der Waals surface area contributed by atoms with E-state index >= 15 is 0 Å². The Bertz CT molecular complexity index is 1010. The summed E-state index contributed by atoms with van der Waals surface area (Å²) in [5, 5.41) is 16.4. The minimum atomic E-state index is -0.729. The van der Waals surface area contributed by atoms with Crippen LogP contribution in [0.5, 0.6) is 5.75 Å². The highest BCUT2D eigenvalue weighted by Gasteiger charge is 2.26. The molecule has 0 saturated heterocycles. The fraction of sp³-hybridized carbons (Fsp3) is 0.440. The lowest BCUT2D eigenvalue weighted by atomic mass is 9.82. The molecule has 2 aromatic rings. The molecule has 34 heavy (non-hydrogen) atoms. The van der Waals surface area contributed by atoms with E-state index in [0.717, 1.165) is 18.4 Å². The standard InChI is InChI=1S/C25H30Cl2N2O5/c1-33-14-22(19-12-18(26)8-10-23(19)34-2)29-21-9-7-17(11-20(21)27)24(30)28-13-15-3-5-16(6-4-15)25(31)32/h7-12,15-16,22,29H,3-6,13-14H2,1-2H3,(H,28,30)(H,31,32)/t15?,16?,22-/m0/s1. The molecule has 3 rings (SSSR count). The van der Waals surface area contributed by atoms with Gasteiger partial charge < -0.3 is 25.2 Å². The van der Waals surface area contributed by atoms with Gasteiger partial charge in [-0.15, -0.1) is 0 Å². The summed E-state index contributed by atoms with van der Waals surface area (Å²) in [4.78, 5) is 23.8. The second kappa shape index (κ2) is 12.3. The number of hydrogen-bond donors (Lipinski definition) is 3. The second-order valence-corrected chi connectivity index (χ2v) is 9.34. The number of methoxy groups -OCH3 is 2. The SMILES string of the molecule is COC[C@H](Nc1ccc(C(=O)NCC2CCC(C(=O)O)CC2)cc1Cl)c1cc(Cl)ccc1OC. The zero-order chi connectivity index (χ0) is 24.7. The average molecular weight is 509 g/mol. The molecular formula is C25H30Cl2N2O5. The third kappa shape index (κ3) is 6.78. The molecular weight excluding hydrogens is 479 g/mol. The minimum absolute atomic E-state index is 0.209. The number of aliphatic carboxylic acids is 1. The van der Waals surface area contributed by atoms with Crippen molar-refractivity contribution in [2.75, 3.05) is 32.7 Å². The van der Waals surface area contributed by atoms with Crippen LogP contribution in [0.2, 0.25) is 10.0 Å². The van der Waals surface area contributed by atoms with Crippen molar-refractivity contribution in [3.63, 3.8) is 0 Å². The van der Waals surface area contributed by atoms with E-state index in [4.69, 9.17) is 37.8 Å². The number of carboxylic acid groups (broad SMARTS) is 1. The number of amides is 1. The predicted molar refractivity (Wildman–Crippen MR) is 133 cm³/mol. The molecule has 0 spiro atoms. The molecule has 1 amide bonds. The van der Waals surface area contributed by atoms with Crippen LogP contribution in [0.1, 0.15) is 47.6 Å². The Hall–Kier alpha value is -2.48. The van der Waals surface area contributed by atoms with Gasteiger partial charge in [0.2, 0.25) is 0 Å². The van der Waals surface area contributed by atoms with Gasteiger partial charge in [0.1, 0.15) is 5.75 Å². The van der Waals surface area contributed by atoms with Gasteiger partial charge in [-0.05, 0) is 68.0 Å². The largest absolute Gasteiger partial charge is 0.496 e. The Kier molecular flexibility index (Phi) is 9.45. The number of anilines is 1. The molecule has 0 bridgehead atoms. The normalized spacial score (nSPS) is 18.7. The number of nitrogens with one attached hydrogen (secondary N) is 2. The highest BCUT2D eigenvalue weighted by molar-refractivity contribution is 6.33. The topological polar surface area (TPSA) is 96.9 Å². The van der Waals surface area contributed by atoms with E-state index in [1.165, 1.54) is 0 Å². The van der Waals surface area contributed by atoms with Gasteiger partial charge in [0.05, 0.1) is 36.4 Å². The fourth-order valence-electron chi connectivity index (χ4n) is 4.27. The van der Waals surface area contributed by atoms with Crippen LogP contribution in [-0.4, -0.2) is 44.4 Å². The van der Waals surface area contributed by atoms with Crippen molar-refractivity contribution in [2.45, 2.75) is 31.7 Å². The first-order valence-electron chi connectivity index (χ1n) is 11.2. The van der Waals surface area contributed by atoms with Gasteiger partial charge in [-0.2, -0.15) is 0 Å². The molecule has 2 aromatic carbocycles. The molecule has 1 aliphatic rings. The summed E-state index contributed by atoms with van der Waals surface area (Å²) >= 11 is 12.7. The number of rotatable bonds is 10. The molecule has 1 saturated carbocycles. The maximum Gasteiger partial charge on any atom is 0.306 e. The Morgan fingerprint density at radius 1 is 1.09 bits per heavy atom. The van der Waals surface area contributed by atoms with Crippen molar-refractivity contribution in [3.8, 4) is 5.75 Å². The summed E-state index contributed by atoms with van der Waals surface area (Å²) in [6, 6.07) is 10.2. The Morgan fingerprint density at radius 2 is 1.82 bits per heavy atom. The van der Waals surface area contributed by atoms with Crippen LogP contribution in [-0.2, 0) is 9.53 Å². The monoisotopic (exact) mass is 508 g/mol. The van der Waals surface area contributed by atoms with Crippen LogP contribution in [0.25, 0.3) is 0 Å². The van der Waals surface area contributed by atoms with Crippen molar-refractivity contribution < 1.29 is 24.2 Å². The molecule has 1 fully saturated rings. The Balaban J connectivity index is 1.64. The number of benzene rings is 2. The van der Waals surface area contributed by atoms with Crippen molar-refractivity contribution in [2.24, 2.45) is 11.8 Å². The number of carboxylic acids is 1. The number of hydrogen-bond acceptors (Lipinski definition) is 5. The summed E-state index contributed by atoms with van der Waals surface area (Å²) in [6.07, 6.45) is 2.91. The second-order valence-electron chi connectivity index (χ2n) is 8.50. The first kappa shape index (κ1) is 26.1. The Labute approximate surface area is 209 Å². The van der Waals surface area contributed by atoms with Crippen LogP contribution in [0.4, 0.5) is 5.69 Å². The first-order chi connectivity index (χ1) is 16.3.